The van der Waals surface area contributed by atoms with Gasteiger partial charge in [-0.05, 0) is 134 Å². The Morgan fingerprint density at radius 3 is 2.37 bits per heavy atom. The molecule has 0 aliphatic carbocycles. The van der Waals surface area contributed by atoms with Crippen molar-refractivity contribution in [2.24, 2.45) is 7.05 Å². The van der Waals surface area contributed by atoms with Crippen LogP contribution in [0.1, 0.15) is 102 Å². The monoisotopic (exact) mass is 894 g/mol. The maximum atomic E-state index is 15.6. The molecule has 2 aliphatic rings. The van der Waals surface area contributed by atoms with E-state index in [0.717, 1.165) is 84.6 Å². The van der Waals surface area contributed by atoms with E-state index in [1.54, 1.807) is 12.1 Å². The second-order valence-corrected chi connectivity index (χ2v) is 18.9. The van der Waals surface area contributed by atoms with E-state index in [0.29, 0.717) is 61.1 Å². The molecule has 2 unspecified atom stereocenters. The molecule has 1 saturated heterocycles. The SMILES string of the molecule is COC(=O)c1ccc2c(c1)c(N1CC(C)n3c(c(CCCOc4cc(C)c(Cl)c(C)c4)c4ccc(Cl)c(-c5c(C)nn(C)c5C)c43)C1=O)cn2CC1CCCN1C(=O)OC(C)(C)C. The van der Waals surface area contributed by atoms with Gasteiger partial charge in [-0.3, -0.25) is 9.48 Å². The van der Waals surface area contributed by atoms with Crippen molar-refractivity contribution in [1.82, 2.24) is 23.8 Å². The number of carbonyl (C=O) groups is 3. The zero-order chi connectivity index (χ0) is 45.2. The summed E-state index contributed by atoms with van der Waals surface area (Å²) in [5.41, 5.74) is 9.18. The summed E-state index contributed by atoms with van der Waals surface area (Å²) < 4.78 is 23.4. The van der Waals surface area contributed by atoms with Crippen molar-refractivity contribution in [3.8, 4) is 16.9 Å². The molecule has 12 nitrogen and oxygen atoms in total. The van der Waals surface area contributed by atoms with Crippen LogP contribution in [0.3, 0.4) is 0 Å². The van der Waals surface area contributed by atoms with E-state index in [-0.39, 0.29) is 24.1 Å². The summed E-state index contributed by atoms with van der Waals surface area (Å²) >= 11 is 13.6. The number of hydrogen-bond donors (Lipinski definition) is 0. The van der Waals surface area contributed by atoms with Gasteiger partial charge in [0.1, 0.15) is 17.0 Å². The zero-order valence-electron chi connectivity index (χ0n) is 37.8. The van der Waals surface area contributed by atoms with E-state index in [9.17, 15) is 9.59 Å². The third kappa shape index (κ3) is 8.05. The Hall–Kier alpha value is -5.46. The van der Waals surface area contributed by atoms with Crippen LogP contribution in [0.5, 0.6) is 5.75 Å². The van der Waals surface area contributed by atoms with Gasteiger partial charge in [0.15, 0.2) is 0 Å². The number of halogens is 2. The van der Waals surface area contributed by atoms with Gasteiger partial charge in [-0.15, -0.1) is 0 Å². The van der Waals surface area contributed by atoms with Crippen molar-refractivity contribution in [3.63, 3.8) is 0 Å². The fourth-order valence-corrected chi connectivity index (χ4v) is 10.00. The number of amides is 2. The lowest BCUT2D eigenvalue weighted by atomic mass is 9.98. The van der Waals surface area contributed by atoms with Crippen LogP contribution in [0.15, 0.2) is 48.7 Å². The summed E-state index contributed by atoms with van der Waals surface area (Å²) in [6, 6.07) is 13.0. The predicted molar refractivity (Wildman–Crippen MR) is 249 cm³/mol. The van der Waals surface area contributed by atoms with Crippen molar-refractivity contribution in [2.45, 2.75) is 105 Å². The molecule has 0 saturated carbocycles. The topological polar surface area (TPSA) is 113 Å². The van der Waals surface area contributed by atoms with Gasteiger partial charge >= 0.3 is 12.1 Å². The van der Waals surface area contributed by atoms with Crippen LogP contribution in [0, 0.1) is 27.7 Å². The van der Waals surface area contributed by atoms with Crippen LogP contribution in [0.2, 0.25) is 10.0 Å². The number of anilines is 1. The van der Waals surface area contributed by atoms with Gasteiger partial charge in [-0.25, -0.2) is 9.59 Å². The van der Waals surface area contributed by atoms with Crippen LogP contribution in [-0.2, 0) is 29.5 Å². The molecule has 332 valence electrons. The zero-order valence-corrected chi connectivity index (χ0v) is 39.3. The summed E-state index contributed by atoms with van der Waals surface area (Å²) in [6.45, 7) is 17.6. The summed E-state index contributed by atoms with van der Waals surface area (Å²) in [4.78, 5) is 45.6. The second kappa shape index (κ2) is 16.9. The standard InChI is InChI=1S/C49H56Cl2N6O6/c1-27-21-34(22-28(2)43(27)51)62-20-12-14-35-36-16-17-38(50)42(41-30(4)52-53(9)31(41)5)44(36)57-29(3)24-56(46(58)45(35)57)40-26-54(39-18-15-32(23-37(39)40)47(59)61-10)25-33-13-11-19-55(33)48(60)63-49(6,7)8/h15-18,21-23,26,29,33H,11-14,19-20,24-25H2,1-10H3. The lowest BCUT2D eigenvalue weighted by molar-refractivity contribution is 0.0214. The molecule has 6 aromatic rings. The first kappa shape index (κ1) is 44.2. The number of carbonyl (C=O) groups excluding carboxylic acids is 3. The molecule has 3 aromatic carbocycles. The van der Waals surface area contributed by atoms with E-state index in [4.69, 9.17) is 42.5 Å². The Labute approximate surface area is 378 Å². The molecule has 14 heteroatoms. The average molecular weight is 896 g/mol. The highest BCUT2D eigenvalue weighted by molar-refractivity contribution is 6.35. The van der Waals surface area contributed by atoms with Gasteiger partial charge in [-0.1, -0.05) is 29.3 Å². The van der Waals surface area contributed by atoms with Crippen molar-refractivity contribution in [3.05, 3.63) is 98.0 Å². The number of rotatable bonds is 10. The number of esters is 1. The number of nitrogens with zero attached hydrogens (tertiary/aromatic N) is 6. The summed E-state index contributed by atoms with van der Waals surface area (Å²) in [6.07, 6.45) is 4.50. The van der Waals surface area contributed by atoms with Gasteiger partial charge in [0, 0.05) is 71.5 Å². The van der Waals surface area contributed by atoms with Gasteiger partial charge in [0.05, 0.1) is 52.8 Å². The molecule has 3 aromatic heterocycles. The van der Waals surface area contributed by atoms with E-state index in [2.05, 4.69) is 16.1 Å². The van der Waals surface area contributed by atoms with Crippen LogP contribution in [0.4, 0.5) is 10.5 Å². The number of fused-ring (bicyclic) bond motifs is 4. The lowest BCUT2D eigenvalue weighted by Gasteiger charge is -2.34. The number of ether oxygens (including phenoxy) is 3. The van der Waals surface area contributed by atoms with E-state index in [1.165, 1.54) is 7.11 Å². The number of methoxy groups -OCH3 is 1. The Morgan fingerprint density at radius 2 is 1.70 bits per heavy atom. The first-order valence-corrected chi connectivity index (χ1v) is 22.4. The smallest absolute Gasteiger partial charge is 0.410 e. The molecule has 2 amide bonds. The Kier molecular flexibility index (Phi) is 11.9. The minimum absolute atomic E-state index is 0.126. The molecular weight excluding hydrogens is 839 g/mol. The number of aromatic nitrogens is 4. The van der Waals surface area contributed by atoms with Crippen LogP contribution < -0.4 is 9.64 Å². The molecule has 0 radical (unpaired) electrons. The number of likely N-dealkylation sites (tertiary alicyclic amines) is 1. The highest BCUT2D eigenvalue weighted by atomic mass is 35.5. The molecule has 2 aliphatic heterocycles. The second-order valence-electron chi connectivity index (χ2n) is 18.1. The van der Waals surface area contributed by atoms with E-state index >= 15 is 4.79 Å². The molecule has 63 heavy (non-hydrogen) atoms. The molecule has 2 atom stereocenters. The lowest BCUT2D eigenvalue weighted by Crippen LogP contribution is -2.42. The molecular formula is C49H56Cl2N6O6. The fourth-order valence-electron chi connectivity index (χ4n) is 9.64. The number of aryl methyl sites for hydroxylation is 5. The average Bonchev–Trinajstić information content (AvgIpc) is 3.99. The normalized spacial score (nSPS) is 16.7. The first-order valence-electron chi connectivity index (χ1n) is 21.7. The largest absolute Gasteiger partial charge is 0.494 e. The molecule has 0 spiro atoms. The highest BCUT2D eigenvalue weighted by Gasteiger charge is 2.39. The molecule has 0 N–H and O–H groups in total. The van der Waals surface area contributed by atoms with Gasteiger partial charge in [0.25, 0.3) is 5.91 Å². The Morgan fingerprint density at radius 1 is 0.968 bits per heavy atom. The molecule has 8 rings (SSSR count). The van der Waals surface area contributed by atoms with Crippen molar-refractivity contribution in [2.75, 3.05) is 31.7 Å². The fraction of sp³-hybridized carbons (Fsp3) is 0.429. The first-order chi connectivity index (χ1) is 29.9. The Balaban J connectivity index is 1.24. The minimum atomic E-state index is -0.627. The summed E-state index contributed by atoms with van der Waals surface area (Å²) in [5.74, 6) is 0.115. The van der Waals surface area contributed by atoms with Gasteiger partial charge < -0.3 is 33.1 Å². The highest BCUT2D eigenvalue weighted by Crippen LogP contribution is 2.46. The number of benzene rings is 3. The van der Waals surface area contributed by atoms with Crippen LogP contribution in [0.25, 0.3) is 32.9 Å². The third-order valence-corrected chi connectivity index (χ3v) is 13.5. The molecule has 5 heterocycles. The van der Waals surface area contributed by atoms with Gasteiger partial charge in [0.2, 0.25) is 0 Å². The maximum Gasteiger partial charge on any atom is 0.410 e. The van der Waals surface area contributed by atoms with Crippen molar-refractivity contribution < 1.29 is 28.6 Å². The van der Waals surface area contributed by atoms with Crippen molar-refractivity contribution >= 4 is 68.7 Å². The molecule has 1 fully saturated rings. The predicted octanol–water partition coefficient (Wildman–Crippen LogP) is 11.0. The van der Waals surface area contributed by atoms with E-state index < -0.39 is 11.6 Å². The quantitative estimate of drug-likeness (QED) is 0.0994. The summed E-state index contributed by atoms with van der Waals surface area (Å²) in [5, 5.41) is 7.75. The number of hydrogen-bond acceptors (Lipinski definition) is 7. The Bertz CT molecular complexity index is 2790. The van der Waals surface area contributed by atoms with Crippen LogP contribution >= 0.6 is 23.2 Å². The minimum Gasteiger partial charge on any atom is -0.494 e. The van der Waals surface area contributed by atoms with E-state index in [1.807, 2.05) is 107 Å². The van der Waals surface area contributed by atoms with Crippen molar-refractivity contribution in [1.29, 1.82) is 0 Å². The maximum absolute atomic E-state index is 15.6. The van der Waals surface area contributed by atoms with Gasteiger partial charge in [-0.2, -0.15) is 5.10 Å². The summed E-state index contributed by atoms with van der Waals surface area (Å²) in [7, 11) is 3.29. The third-order valence-electron chi connectivity index (χ3n) is 12.5. The molecule has 0 bridgehead atoms. The van der Waals surface area contributed by atoms with Crippen LogP contribution in [-0.4, -0.2) is 80.2 Å².